The van der Waals surface area contributed by atoms with Crippen molar-refractivity contribution in [2.45, 2.75) is 33.2 Å². The van der Waals surface area contributed by atoms with E-state index in [0.29, 0.717) is 6.04 Å². The van der Waals surface area contributed by atoms with Crippen molar-refractivity contribution >= 4 is 0 Å². The average Bonchev–Trinajstić information content (AvgIpc) is 2.61. The Bertz CT molecular complexity index is 596. The largest absolute Gasteiger partial charge is 1.00 e. The summed E-state index contributed by atoms with van der Waals surface area (Å²) in [7, 11) is 2.31. The highest BCUT2D eigenvalue weighted by atomic mass is 127. The predicted molar refractivity (Wildman–Crippen MR) is 97.9 cm³/mol. The molecule has 0 aliphatic rings. The van der Waals surface area contributed by atoms with E-state index in [-0.39, 0.29) is 24.0 Å². The molecule has 0 aliphatic carbocycles. The summed E-state index contributed by atoms with van der Waals surface area (Å²) in [6.45, 7) is 9.81. The van der Waals surface area contributed by atoms with Crippen molar-refractivity contribution in [1.82, 2.24) is 0 Å². The first-order valence-corrected chi connectivity index (χ1v) is 8.68. The molecule has 0 saturated carbocycles. The van der Waals surface area contributed by atoms with Crippen LogP contribution in [0.4, 0.5) is 0 Å². The molecular weight excluding hydrogens is 409 g/mol. The second-order valence-electron chi connectivity index (χ2n) is 6.54. The highest BCUT2D eigenvalue weighted by Crippen LogP contribution is 2.22. The van der Waals surface area contributed by atoms with Crippen molar-refractivity contribution in [3.63, 3.8) is 0 Å². The number of hydrogen-bond acceptors (Lipinski definition) is 1. The molecule has 1 atom stereocenters. The Labute approximate surface area is 164 Å². The Balaban J connectivity index is 0.00000288. The summed E-state index contributed by atoms with van der Waals surface area (Å²) >= 11 is 0. The van der Waals surface area contributed by atoms with E-state index in [0.717, 1.165) is 36.3 Å². The van der Waals surface area contributed by atoms with Gasteiger partial charge < -0.3 is 33.2 Å². The van der Waals surface area contributed by atoms with Crippen molar-refractivity contribution in [2.75, 3.05) is 26.7 Å². The Morgan fingerprint density at radius 3 is 2.12 bits per heavy atom. The molecule has 3 heteroatoms. The Morgan fingerprint density at radius 1 is 0.917 bits per heavy atom. The van der Waals surface area contributed by atoms with Gasteiger partial charge in [0, 0.05) is 6.42 Å². The monoisotopic (exact) mass is 439 g/mol. The van der Waals surface area contributed by atoms with Gasteiger partial charge in [-0.2, -0.15) is 0 Å². The first-order chi connectivity index (χ1) is 11.1. The second-order valence-corrected chi connectivity index (χ2v) is 6.54. The van der Waals surface area contributed by atoms with Crippen molar-refractivity contribution in [3.05, 3.63) is 65.7 Å². The van der Waals surface area contributed by atoms with Gasteiger partial charge in [0.15, 0.2) is 0 Å². The molecule has 2 aromatic carbocycles. The molecule has 0 aromatic heterocycles. The van der Waals surface area contributed by atoms with E-state index in [1.165, 1.54) is 11.1 Å². The number of para-hydroxylation sites is 1. The van der Waals surface area contributed by atoms with Gasteiger partial charge in [0.25, 0.3) is 0 Å². The maximum absolute atomic E-state index is 6.21. The third-order valence-electron chi connectivity index (χ3n) is 5.20. The van der Waals surface area contributed by atoms with Crippen LogP contribution in [0.3, 0.4) is 0 Å². The van der Waals surface area contributed by atoms with Gasteiger partial charge in [0.2, 0.25) is 0 Å². The lowest BCUT2D eigenvalue weighted by Crippen LogP contribution is -3.00. The lowest BCUT2D eigenvalue weighted by Gasteiger charge is -2.38. The number of nitrogens with zero attached hydrogens (tertiary/aromatic N) is 1. The number of hydrogen-bond donors (Lipinski definition) is 0. The second kappa shape index (κ2) is 10.0. The fourth-order valence-electron chi connectivity index (χ4n) is 2.84. The van der Waals surface area contributed by atoms with Crippen LogP contribution in [0.2, 0.25) is 0 Å². The van der Waals surface area contributed by atoms with Crippen LogP contribution in [0, 0.1) is 0 Å². The standard InChI is InChI=1S/C21H30NO.HI/c1-5-22(4,6-2)18(3)17-23-21-15-11-10-14-20(21)16-19-12-8-7-9-13-19;/h7-15,18H,5-6,16-17H2,1-4H3;1H/q+1;/p-1. The Morgan fingerprint density at radius 2 is 1.50 bits per heavy atom. The fourth-order valence-corrected chi connectivity index (χ4v) is 2.84. The Kier molecular flexibility index (Phi) is 8.78. The first kappa shape index (κ1) is 21.0. The third-order valence-corrected chi connectivity index (χ3v) is 5.20. The van der Waals surface area contributed by atoms with Crippen LogP contribution >= 0.6 is 0 Å². The summed E-state index contributed by atoms with van der Waals surface area (Å²) in [5.41, 5.74) is 2.58. The molecule has 0 saturated heterocycles. The predicted octanol–water partition coefficient (Wildman–Crippen LogP) is 1.54. The zero-order valence-corrected chi connectivity index (χ0v) is 17.5. The van der Waals surface area contributed by atoms with Crippen LogP contribution in [0.5, 0.6) is 5.75 Å². The molecule has 0 aliphatic heterocycles. The van der Waals surface area contributed by atoms with Crippen LogP contribution in [0.25, 0.3) is 0 Å². The third kappa shape index (κ3) is 5.49. The molecule has 0 radical (unpaired) electrons. The van der Waals surface area contributed by atoms with Crippen molar-refractivity contribution in [3.8, 4) is 5.75 Å². The number of quaternary nitrogens is 1. The van der Waals surface area contributed by atoms with Crippen molar-refractivity contribution < 1.29 is 33.2 Å². The summed E-state index contributed by atoms with van der Waals surface area (Å²) in [5, 5.41) is 0. The highest BCUT2D eigenvalue weighted by Gasteiger charge is 2.25. The van der Waals surface area contributed by atoms with Crippen LogP contribution in [-0.4, -0.2) is 37.3 Å². The number of likely N-dealkylation sites (N-methyl/N-ethyl adjacent to an activating group) is 1. The van der Waals surface area contributed by atoms with Crippen molar-refractivity contribution in [2.24, 2.45) is 0 Å². The van der Waals surface area contributed by atoms with Gasteiger partial charge in [-0.15, -0.1) is 0 Å². The van der Waals surface area contributed by atoms with Crippen LogP contribution in [-0.2, 0) is 6.42 Å². The minimum absolute atomic E-state index is 0. The quantitative estimate of drug-likeness (QED) is 0.448. The Hall–Kier alpha value is -1.07. The summed E-state index contributed by atoms with van der Waals surface area (Å²) in [4.78, 5) is 0. The molecule has 0 heterocycles. The average molecular weight is 439 g/mol. The molecule has 2 nitrogen and oxygen atoms in total. The van der Waals surface area contributed by atoms with E-state index in [1.807, 2.05) is 0 Å². The highest BCUT2D eigenvalue weighted by molar-refractivity contribution is 5.37. The lowest BCUT2D eigenvalue weighted by atomic mass is 10.0. The molecule has 0 spiro atoms. The number of halogens is 1. The fraction of sp³-hybridized carbons (Fsp3) is 0.429. The molecule has 0 N–H and O–H groups in total. The molecule has 2 aromatic rings. The van der Waals surface area contributed by atoms with Crippen LogP contribution < -0.4 is 28.7 Å². The minimum atomic E-state index is 0. The zero-order valence-electron chi connectivity index (χ0n) is 15.3. The SMILES string of the molecule is CC[N+](C)(CC)C(C)COc1ccccc1Cc1ccccc1.[I-]. The summed E-state index contributed by atoms with van der Waals surface area (Å²) in [6, 6.07) is 19.5. The van der Waals surface area contributed by atoms with E-state index < -0.39 is 0 Å². The normalized spacial score (nSPS) is 12.3. The molecule has 0 amide bonds. The minimum Gasteiger partial charge on any atom is -1.00 e. The molecule has 1 unspecified atom stereocenters. The summed E-state index contributed by atoms with van der Waals surface area (Å²) in [5.74, 6) is 1.02. The summed E-state index contributed by atoms with van der Waals surface area (Å²) in [6.07, 6.45) is 0.916. The van der Waals surface area contributed by atoms with Gasteiger partial charge in [0.1, 0.15) is 18.4 Å². The van der Waals surface area contributed by atoms with Gasteiger partial charge in [0.05, 0.1) is 20.1 Å². The van der Waals surface area contributed by atoms with E-state index in [9.17, 15) is 0 Å². The molecule has 24 heavy (non-hydrogen) atoms. The maximum atomic E-state index is 6.21. The lowest BCUT2D eigenvalue weighted by molar-refractivity contribution is -0.928. The van der Waals surface area contributed by atoms with E-state index in [4.69, 9.17) is 4.74 Å². The first-order valence-electron chi connectivity index (χ1n) is 8.68. The van der Waals surface area contributed by atoms with Crippen molar-refractivity contribution in [1.29, 1.82) is 0 Å². The van der Waals surface area contributed by atoms with Gasteiger partial charge in [-0.1, -0.05) is 48.5 Å². The topological polar surface area (TPSA) is 9.23 Å². The maximum Gasteiger partial charge on any atom is 0.140 e. The molecule has 2 rings (SSSR count). The van der Waals surface area contributed by atoms with Gasteiger partial charge in [-0.05, 0) is 38.0 Å². The smallest absolute Gasteiger partial charge is 0.140 e. The zero-order chi connectivity index (χ0) is 16.7. The molecule has 0 bridgehead atoms. The van der Waals surface area contributed by atoms with E-state index in [1.54, 1.807) is 0 Å². The van der Waals surface area contributed by atoms with Crippen LogP contribution in [0.1, 0.15) is 31.9 Å². The van der Waals surface area contributed by atoms with Gasteiger partial charge >= 0.3 is 0 Å². The van der Waals surface area contributed by atoms with Gasteiger partial charge in [-0.3, -0.25) is 0 Å². The number of benzene rings is 2. The van der Waals surface area contributed by atoms with Gasteiger partial charge in [-0.25, -0.2) is 0 Å². The van der Waals surface area contributed by atoms with E-state index in [2.05, 4.69) is 82.4 Å². The molecule has 132 valence electrons. The summed E-state index contributed by atoms with van der Waals surface area (Å²) < 4.78 is 7.25. The van der Waals surface area contributed by atoms with E-state index >= 15 is 0 Å². The number of rotatable bonds is 8. The van der Waals surface area contributed by atoms with Crippen LogP contribution in [0.15, 0.2) is 54.6 Å². The molecule has 0 fully saturated rings. The number of ether oxygens (including phenoxy) is 1. The molecular formula is C21H30INO.